The van der Waals surface area contributed by atoms with Gasteiger partial charge in [-0.3, -0.25) is 4.79 Å². The lowest BCUT2D eigenvalue weighted by Crippen LogP contribution is -2.40. The summed E-state index contributed by atoms with van der Waals surface area (Å²) in [7, 11) is 2.05. The standard InChI is InChI=1S/C19H20F3N5O/c1-27-8-2-3-13(10-27)23-18-17-14(9-15(28)24-17)16(25-26-18)11-4-6-12(7-5-11)19(20,21)22/h4-7,13H,2-3,8-10H2,1H3,(H,23,26)(H,24,28)/t13-/m1/s1. The van der Waals surface area contributed by atoms with E-state index < -0.39 is 11.7 Å². The van der Waals surface area contributed by atoms with Crippen molar-refractivity contribution < 1.29 is 18.0 Å². The minimum atomic E-state index is -4.40. The number of carbonyl (C=O) groups excluding carboxylic acids is 1. The van der Waals surface area contributed by atoms with Gasteiger partial charge >= 0.3 is 6.18 Å². The van der Waals surface area contributed by atoms with Crippen molar-refractivity contribution in [2.24, 2.45) is 0 Å². The van der Waals surface area contributed by atoms with Gasteiger partial charge in [-0.15, -0.1) is 10.2 Å². The van der Waals surface area contributed by atoms with Gasteiger partial charge in [0.2, 0.25) is 5.91 Å². The molecule has 2 aromatic rings. The average molecular weight is 391 g/mol. The molecule has 4 rings (SSSR count). The fraction of sp³-hybridized carbons (Fsp3) is 0.421. The maximum Gasteiger partial charge on any atom is 0.416 e. The molecule has 1 atom stereocenters. The van der Waals surface area contributed by atoms with Crippen molar-refractivity contribution in [1.29, 1.82) is 0 Å². The molecule has 6 nitrogen and oxygen atoms in total. The molecule has 0 radical (unpaired) electrons. The predicted octanol–water partition coefficient (Wildman–Crippen LogP) is 3.16. The van der Waals surface area contributed by atoms with Crippen LogP contribution in [-0.4, -0.2) is 47.2 Å². The zero-order chi connectivity index (χ0) is 19.9. The maximum absolute atomic E-state index is 12.8. The second-order valence-corrected chi connectivity index (χ2v) is 7.30. The van der Waals surface area contributed by atoms with Crippen molar-refractivity contribution in [3.63, 3.8) is 0 Å². The summed E-state index contributed by atoms with van der Waals surface area (Å²) in [5.41, 5.74) is 1.43. The Morgan fingerprint density at radius 3 is 2.64 bits per heavy atom. The van der Waals surface area contributed by atoms with Crippen molar-refractivity contribution >= 4 is 17.4 Å². The summed E-state index contributed by atoms with van der Waals surface area (Å²) >= 11 is 0. The summed E-state index contributed by atoms with van der Waals surface area (Å²) < 4.78 is 38.4. The number of anilines is 2. The molecular weight excluding hydrogens is 371 g/mol. The molecule has 2 N–H and O–H groups in total. The third-order valence-corrected chi connectivity index (χ3v) is 5.13. The minimum absolute atomic E-state index is 0.125. The number of nitrogens with one attached hydrogen (secondary N) is 2. The number of rotatable bonds is 3. The highest BCUT2D eigenvalue weighted by atomic mass is 19.4. The Hall–Kier alpha value is -2.68. The number of alkyl halides is 3. The van der Waals surface area contributed by atoms with Crippen LogP contribution in [0, 0.1) is 0 Å². The van der Waals surface area contributed by atoms with Crippen molar-refractivity contribution in [2.75, 3.05) is 30.8 Å². The first-order chi connectivity index (χ1) is 13.3. The van der Waals surface area contributed by atoms with Crippen LogP contribution in [-0.2, 0) is 17.4 Å². The quantitative estimate of drug-likeness (QED) is 0.841. The van der Waals surface area contributed by atoms with Gasteiger partial charge in [-0.25, -0.2) is 0 Å². The molecule has 1 amide bonds. The first-order valence-electron chi connectivity index (χ1n) is 9.13. The summed E-state index contributed by atoms with van der Waals surface area (Å²) in [6.45, 7) is 1.91. The first-order valence-corrected chi connectivity index (χ1v) is 9.13. The van der Waals surface area contributed by atoms with E-state index in [4.69, 9.17) is 0 Å². The van der Waals surface area contributed by atoms with Crippen LogP contribution in [0.4, 0.5) is 24.7 Å². The van der Waals surface area contributed by atoms with Gasteiger partial charge in [-0.05, 0) is 38.6 Å². The van der Waals surface area contributed by atoms with Gasteiger partial charge in [0.25, 0.3) is 0 Å². The molecule has 1 aromatic heterocycles. The Bertz CT molecular complexity index is 898. The number of likely N-dealkylation sites (tertiary alicyclic amines) is 1. The molecular formula is C19H20F3N5O. The van der Waals surface area contributed by atoms with E-state index in [1.54, 1.807) is 0 Å². The van der Waals surface area contributed by atoms with Gasteiger partial charge in [0.15, 0.2) is 5.82 Å². The Morgan fingerprint density at radius 1 is 1.21 bits per heavy atom. The number of piperidine rings is 1. The fourth-order valence-corrected chi connectivity index (χ4v) is 3.75. The van der Waals surface area contributed by atoms with E-state index in [0.29, 0.717) is 28.3 Å². The zero-order valence-electron chi connectivity index (χ0n) is 15.3. The van der Waals surface area contributed by atoms with Crippen LogP contribution in [0.15, 0.2) is 24.3 Å². The molecule has 148 valence electrons. The van der Waals surface area contributed by atoms with Crippen LogP contribution in [0.5, 0.6) is 0 Å². The van der Waals surface area contributed by atoms with Gasteiger partial charge in [-0.2, -0.15) is 13.2 Å². The third kappa shape index (κ3) is 3.66. The molecule has 0 aliphatic carbocycles. The van der Waals surface area contributed by atoms with Crippen molar-refractivity contribution in [1.82, 2.24) is 15.1 Å². The van der Waals surface area contributed by atoms with E-state index in [2.05, 4.69) is 32.8 Å². The lowest BCUT2D eigenvalue weighted by atomic mass is 10.0. The number of nitrogens with zero attached hydrogens (tertiary/aromatic N) is 3. The Labute approximate surface area is 160 Å². The molecule has 1 aromatic carbocycles. The molecule has 0 spiro atoms. The number of fused-ring (bicyclic) bond motifs is 1. The monoisotopic (exact) mass is 391 g/mol. The topological polar surface area (TPSA) is 70.2 Å². The average Bonchev–Trinajstić information content (AvgIpc) is 3.03. The van der Waals surface area contributed by atoms with Gasteiger partial charge in [0.1, 0.15) is 0 Å². The highest BCUT2D eigenvalue weighted by molar-refractivity contribution is 6.04. The number of amides is 1. The Kier molecular flexibility index (Phi) is 4.70. The molecule has 2 aliphatic heterocycles. The number of likely N-dealkylation sites (N-methyl/N-ethyl adjacent to an activating group) is 1. The minimum Gasteiger partial charge on any atom is -0.363 e. The van der Waals surface area contributed by atoms with Gasteiger partial charge in [0, 0.05) is 23.7 Å². The van der Waals surface area contributed by atoms with Crippen LogP contribution >= 0.6 is 0 Å². The van der Waals surface area contributed by atoms with Crippen LogP contribution in [0.2, 0.25) is 0 Å². The Balaban J connectivity index is 1.65. The SMILES string of the molecule is CN1CCC[C@@H](Nc2nnc(-c3ccc(C(F)(F)F)cc3)c3c2NC(=O)C3)C1. The predicted molar refractivity (Wildman–Crippen MR) is 98.9 cm³/mol. The molecule has 9 heteroatoms. The van der Waals surface area contributed by atoms with E-state index in [1.807, 2.05) is 0 Å². The normalized spacial score (nSPS) is 20.0. The van der Waals surface area contributed by atoms with Crippen LogP contribution in [0.1, 0.15) is 24.0 Å². The number of hydrogen-bond donors (Lipinski definition) is 2. The smallest absolute Gasteiger partial charge is 0.363 e. The second-order valence-electron chi connectivity index (χ2n) is 7.30. The Morgan fingerprint density at radius 2 is 1.96 bits per heavy atom. The van der Waals surface area contributed by atoms with E-state index in [1.165, 1.54) is 12.1 Å². The summed E-state index contributed by atoms with van der Waals surface area (Å²) in [6, 6.07) is 4.94. The highest BCUT2D eigenvalue weighted by Gasteiger charge is 2.31. The summed E-state index contributed by atoms with van der Waals surface area (Å²) in [4.78, 5) is 14.2. The van der Waals surface area contributed by atoms with Crippen LogP contribution < -0.4 is 10.6 Å². The van der Waals surface area contributed by atoms with Gasteiger partial charge < -0.3 is 15.5 Å². The number of benzene rings is 1. The maximum atomic E-state index is 12.8. The summed E-state index contributed by atoms with van der Waals surface area (Å²) in [5, 5.41) is 14.6. The molecule has 1 saturated heterocycles. The zero-order valence-corrected chi connectivity index (χ0v) is 15.3. The molecule has 28 heavy (non-hydrogen) atoms. The molecule has 0 unspecified atom stereocenters. The molecule has 1 fully saturated rings. The third-order valence-electron chi connectivity index (χ3n) is 5.13. The van der Waals surface area contributed by atoms with Crippen LogP contribution in [0.3, 0.4) is 0 Å². The van der Waals surface area contributed by atoms with Crippen molar-refractivity contribution in [2.45, 2.75) is 31.5 Å². The van der Waals surface area contributed by atoms with Gasteiger partial charge in [0.05, 0.1) is 23.4 Å². The number of hydrogen-bond acceptors (Lipinski definition) is 5. The molecule has 3 heterocycles. The lowest BCUT2D eigenvalue weighted by Gasteiger charge is -2.30. The number of halogens is 3. The molecule has 0 bridgehead atoms. The molecule has 0 saturated carbocycles. The van der Waals surface area contributed by atoms with E-state index in [-0.39, 0.29) is 18.4 Å². The summed E-state index contributed by atoms with van der Waals surface area (Å²) in [5.74, 6) is 0.332. The van der Waals surface area contributed by atoms with Crippen molar-refractivity contribution in [3.8, 4) is 11.3 Å². The number of carbonyl (C=O) groups is 1. The van der Waals surface area contributed by atoms with Crippen LogP contribution in [0.25, 0.3) is 11.3 Å². The fourth-order valence-electron chi connectivity index (χ4n) is 3.75. The number of aromatic nitrogens is 2. The van der Waals surface area contributed by atoms with Gasteiger partial charge in [-0.1, -0.05) is 12.1 Å². The lowest BCUT2D eigenvalue weighted by molar-refractivity contribution is -0.137. The van der Waals surface area contributed by atoms with Crippen molar-refractivity contribution in [3.05, 3.63) is 35.4 Å². The first kappa shape index (κ1) is 18.7. The van der Waals surface area contributed by atoms with E-state index in [9.17, 15) is 18.0 Å². The second kappa shape index (κ2) is 7.05. The highest BCUT2D eigenvalue weighted by Crippen LogP contribution is 2.37. The molecule has 2 aliphatic rings. The van der Waals surface area contributed by atoms with E-state index >= 15 is 0 Å². The largest absolute Gasteiger partial charge is 0.416 e. The van der Waals surface area contributed by atoms with E-state index in [0.717, 1.165) is 38.1 Å². The summed E-state index contributed by atoms with van der Waals surface area (Å²) in [6.07, 6.45) is -2.21.